The van der Waals surface area contributed by atoms with Crippen LogP contribution >= 0.6 is 0 Å². The Morgan fingerprint density at radius 2 is 1.77 bits per heavy atom. The van der Waals surface area contributed by atoms with Crippen molar-refractivity contribution in [3.63, 3.8) is 0 Å². The summed E-state index contributed by atoms with van der Waals surface area (Å²) in [5.74, 6) is 1.67. The van der Waals surface area contributed by atoms with Gasteiger partial charge in [-0.1, -0.05) is 12.1 Å². The van der Waals surface area contributed by atoms with Crippen LogP contribution < -0.4 is 25.0 Å². The topological polar surface area (TPSA) is 81.2 Å². The molecule has 7 nitrogen and oxygen atoms in total. The van der Waals surface area contributed by atoms with Crippen molar-refractivity contribution < 1.29 is 19.0 Å². The quantitative estimate of drug-likeness (QED) is 0.561. The lowest BCUT2D eigenvalue weighted by molar-refractivity contribution is -0.121. The minimum Gasteiger partial charge on any atom is -0.497 e. The molecule has 0 saturated heterocycles. The van der Waals surface area contributed by atoms with E-state index >= 15 is 0 Å². The highest BCUT2D eigenvalue weighted by molar-refractivity contribution is 5.88. The minimum atomic E-state index is -0.499. The molecule has 2 aromatic carbocycles. The van der Waals surface area contributed by atoms with Crippen molar-refractivity contribution in [2.24, 2.45) is 5.10 Å². The Kier molecular flexibility index (Phi) is 6.84. The Balaban J connectivity index is 1.98. The number of hydrogen-bond donors (Lipinski definition) is 2. The van der Waals surface area contributed by atoms with Gasteiger partial charge in [-0.15, -0.1) is 0 Å². The van der Waals surface area contributed by atoms with E-state index in [-0.39, 0.29) is 5.91 Å². The number of nitrogens with one attached hydrogen (secondary N) is 2. The smallest absolute Gasteiger partial charge is 0.262 e. The van der Waals surface area contributed by atoms with E-state index in [2.05, 4.69) is 15.8 Å². The van der Waals surface area contributed by atoms with Gasteiger partial charge in [-0.2, -0.15) is 5.10 Å². The summed E-state index contributed by atoms with van der Waals surface area (Å²) in [4.78, 5) is 12.2. The number of hydrazone groups is 1. The molecule has 0 saturated carbocycles. The molecule has 1 unspecified atom stereocenters. The van der Waals surface area contributed by atoms with Crippen LogP contribution in [0, 0.1) is 0 Å². The van der Waals surface area contributed by atoms with Gasteiger partial charge < -0.3 is 19.5 Å². The Hall–Kier alpha value is -3.22. The van der Waals surface area contributed by atoms with E-state index in [1.807, 2.05) is 24.3 Å². The number of amides is 1. The molecule has 0 aliphatic rings. The van der Waals surface area contributed by atoms with Crippen molar-refractivity contribution in [1.29, 1.82) is 0 Å². The van der Waals surface area contributed by atoms with Crippen molar-refractivity contribution in [1.82, 2.24) is 5.43 Å². The molecule has 0 radical (unpaired) electrons. The zero-order valence-electron chi connectivity index (χ0n) is 15.3. The molecule has 0 spiro atoms. The SMILES string of the molecule is COc1ccc(C=NNC(=O)C(C)Nc2ccccc2OC)c(OC)c1. The normalized spacial score (nSPS) is 11.7. The lowest BCUT2D eigenvalue weighted by Gasteiger charge is -2.15. The van der Waals surface area contributed by atoms with Gasteiger partial charge in [-0.25, -0.2) is 5.43 Å². The Morgan fingerprint density at radius 1 is 1.04 bits per heavy atom. The highest BCUT2D eigenvalue weighted by Crippen LogP contribution is 2.24. The molecule has 2 rings (SSSR count). The standard InChI is InChI=1S/C19H23N3O4/c1-13(21-16-7-5-6-8-17(16)25-3)19(23)22-20-12-14-9-10-15(24-2)11-18(14)26-4/h5-13,21H,1-4H3,(H,22,23). The van der Waals surface area contributed by atoms with E-state index in [0.717, 1.165) is 11.3 Å². The third-order valence-electron chi connectivity index (χ3n) is 3.69. The largest absolute Gasteiger partial charge is 0.497 e. The number of nitrogens with zero attached hydrogens (tertiary/aromatic N) is 1. The van der Waals surface area contributed by atoms with Crippen LogP contribution in [0.25, 0.3) is 0 Å². The average Bonchev–Trinajstić information content (AvgIpc) is 2.68. The van der Waals surface area contributed by atoms with Crippen molar-refractivity contribution in [2.45, 2.75) is 13.0 Å². The predicted molar refractivity (Wildman–Crippen MR) is 101 cm³/mol. The summed E-state index contributed by atoms with van der Waals surface area (Å²) in [5, 5.41) is 7.09. The van der Waals surface area contributed by atoms with Gasteiger partial charge in [0, 0.05) is 11.6 Å². The van der Waals surface area contributed by atoms with Crippen molar-refractivity contribution in [3.05, 3.63) is 48.0 Å². The maximum Gasteiger partial charge on any atom is 0.262 e. The predicted octanol–water partition coefficient (Wildman–Crippen LogP) is 2.66. The zero-order valence-corrected chi connectivity index (χ0v) is 15.3. The van der Waals surface area contributed by atoms with Gasteiger partial charge in [0.15, 0.2) is 0 Å². The Bertz CT molecular complexity index is 777. The fourth-order valence-corrected chi connectivity index (χ4v) is 2.25. The maximum atomic E-state index is 12.2. The number of benzene rings is 2. The van der Waals surface area contributed by atoms with Gasteiger partial charge in [-0.05, 0) is 31.2 Å². The Morgan fingerprint density at radius 3 is 2.46 bits per heavy atom. The summed E-state index contributed by atoms with van der Waals surface area (Å²) >= 11 is 0. The van der Waals surface area contributed by atoms with Crippen LogP contribution in [-0.2, 0) is 4.79 Å². The van der Waals surface area contributed by atoms with E-state index in [1.165, 1.54) is 6.21 Å². The fourth-order valence-electron chi connectivity index (χ4n) is 2.25. The molecule has 1 amide bonds. The van der Waals surface area contributed by atoms with Gasteiger partial charge in [-0.3, -0.25) is 4.79 Å². The van der Waals surface area contributed by atoms with Crippen LogP contribution in [0.2, 0.25) is 0 Å². The zero-order chi connectivity index (χ0) is 18.9. The van der Waals surface area contributed by atoms with Crippen LogP contribution in [0.3, 0.4) is 0 Å². The lowest BCUT2D eigenvalue weighted by atomic mass is 10.2. The molecule has 0 aliphatic carbocycles. The first-order valence-corrected chi connectivity index (χ1v) is 8.03. The van der Waals surface area contributed by atoms with E-state index < -0.39 is 6.04 Å². The summed E-state index contributed by atoms with van der Waals surface area (Å²) in [5.41, 5.74) is 3.96. The molecule has 26 heavy (non-hydrogen) atoms. The second-order valence-corrected chi connectivity index (χ2v) is 5.41. The first-order chi connectivity index (χ1) is 12.6. The highest BCUT2D eigenvalue weighted by Gasteiger charge is 2.13. The molecule has 138 valence electrons. The van der Waals surface area contributed by atoms with Crippen LogP contribution in [0.5, 0.6) is 17.2 Å². The van der Waals surface area contributed by atoms with Crippen LogP contribution in [0.1, 0.15) is 12.5 Å². The Labute approximate surface area is 153 Å². The van der Waals surface area contributed by atoms with E-state index in [1.54, 1.807) is 46.5 Å². The number of ether oxygens (including phenoxy) is 3. The van der Waals surface area contributed by atoms with Gasteiger partial charge in [0.25, 0.3) is 5.91 Å². The van der Waals surface area contributed by atoms with Gasteiger partial charge in [0.05, 0.1) is 33.2 Å². The average molecular weight is 357 g/mol. The minimum absolute atomic E-state index is 0.278. The first-order valence-electron chi connectivity index (χ1n) is 8.03. The monoisotopic (exact) mass is 357 g/mol. The van der Waals surface area contributed by atoms with E-state index in [0.29, 0.717) is 17.2 Å². The molecular weight excluding hydrogens is 334 g/mol. The highest BCUT2D eigenvalue weighted by atomic mass is 16.5. The van der Waals surface area contributed by atoms with E-state index in [9.17, 15) is 4.79 Å². The number of carbonyl (C=O) groups is 1. The van der Waals surface area contributed by atoms with Crippen molar-refractivity contribution >= 4 is 17.8 Å². The van der Waals surface area contributed by atoms with Gasteiger partial charge in [0.2, 0.25) is 0 Å². The molecule has 2 N–H and O–H groups in total. The number of methoxy groups -OCH3 is 3. The summed E-state index contributed by atoms with van der Waals surface area (Å²) in [6.45, 7) is 1.74. The van der Waals surface area contributed by atoms with E-state index in [4.69, 9.17) is 14.2 Å². The van der Waals surface area contributed by atoms with Gasteiger partial charge in [0.1, 0.15) is 23.3 Å². The molecular formula is C19H23N3O4. The molecule has 1 atom stereocenters. The van der Waals surface area contributed by atoms with Crippen LogP contribution in [0.4, 0.5) is 5.69 Å². The number of carbonyl (C=O) groups excluding carboxylic acids is 1. The molecule has 0 heterocycles. The van der Waals surface area contributed by atoms with Crippen molar-refractivity contribution in [3.8, 4) is 17.2 Å². The summed E-state index contributed by atoms with van der Waals surface area (Å²) in [7, 11) is 4.72. The second-order valence-electron chi connectivity index (χ2n) is 5.41. The molecule has 0 bridgehead atoms. The van der Waals surface area contributed by atoms with Gasteiger partial charge >= 0.3 is 0 Å². The third kappa shape index (κ3) is 4.89. The number of para-hydroxylation sites is 2. The van der Waals surface area contributed by atoms with Crippen LogP contribution in [0.15, 0.2) is 47.6 Å². The number of hydrogen-bond acceptors (Lipinski definition) is 6. The number of anilines is 1. The summed E-state index contributed by atoms with van der Waals surface area (Å²) < 4.78 is 15.7. The number of rotatable bonds is 8. The molecule has 0 aliphatic heterocycles. The van der Waals surface area contributed by atoms with Crippen molar-refractivity contribution in [2.75, 3.05) is 26.6 Å². The van der Waals surface area contributed by atoms with Crippen LogP contribution in [-0.4, -0.2) is 39.5 Å². The second kappa shape index (κ2) is 9.31. The molecule has 7 heteroatoms. The molecule has 0 fully saturated rings. The third-order valence-corrected chi connectivity index (χ3v) is 3.69. The lowest BCUT2D eigenvalue weighted by Crippen LogP contribution is -2.35. The molecule has 0 aromatic heterocycles. The molecule has 2 aromatic rings. The fraction of sp³-hybridized carbons (Fsp3) is 0.263. The summed E-state index contributed by atoms with van der Waals surface area (Å²) in [6, 6.07) is 12.2. The maximum absolute atomic E-state index is 12.2. The summed E-state index contributed by atoms with van der Waals surface area (Å²) in [6.07, 6.45) is 1.52. The first kappa shape index (κ1) is 19.1.